The second-order valence-corrected chi connectivity index (χ2v) is 6.35. The van der Waals surface area contributed by atoms with E-state index in [1.807, 2.05) is 72.3 Å². The van der Waals surface area contributed by atoms with Crippen LogP contribution in [-0.4, -0.2) is 25.8 Å². The molecule has 2 heterocycles. The van der Waals surface area contributed by atoms with E-state index < -0.39 is 5.97 Å². The first-order valence-electron chi connectivity index (χ1n) is 9.10. The molecular weight excluding hydrogens is 350 g/mol. The molecule has 0 aliphatic heterocycles. The zero-order valence-electron chi connectivity index (χ0n) is 15.4. The zero-order chi connectivity index (χ0) is 19.5. The quantitative estimate of drug-likeness (QED) is 0.509. The number of carboxylic acids is 1. The molecule has 0 aliphatic carbocycles. The third kappa shape index (κ3) is 3.18. The van der Waals surface area contributed by atoms with Crippen molar-refractivity contribution in [3.05, 3.63) is 78.5 Å². The Morgan fingerprint density at radius 2 is 1.68 bits per heavy atom. The van der Waals surface area contributed by atoms with E-state index in [4.69, 9.17) is 4.98 Å². The Bertz CT molecular complexity index is 1160. The molecule has 0 radical (unpaired) electrons. The number of hydrogen-bond acceptors (Lipinski definition) is 3. The van der Waals surface area contributed by atoms with Gasteiger partial charge in [-0.1, -0.05) is 60.7 Å². The summed E-state index contributed by atoms with van der Waals surface area (Å²) in [5, 5.41) is 14.6. The van der Waals surface area contributed by atoms with E-state index in [-0.39, 0.29) is 0 Å². The molecule has 4 aromatic rings. The Labute approximate surface area is 162 Å². The Morgan fingerprint density at radius 1 is 1.04 bits per heavy atom. The molecule has 0 amide bonds. The number of aryl methyl sites for hydroxylation is 1. The number of aromatic nitrogens is 3. The highest BCUT2D eigenvalue weighted by Gasteiger charge is 2.19. The lowest BCUT2D eigenvalue weighted by Crippen LogP contribution is -2.01. The summed E-state index contributed by atoms with van der Waals surface area (Å²) in [5.74, 6) is -0.998. The Hall–Kier alpha value is -3.73. The van der Waals surface area contributed by atoms with Crippen LogP contribution in [0.15, 0.2) is 72.9 Å². The van der Waals surface area contributed by atoms with Gasteiger partial charge in [0.2, 0.25) is 0 Å². The molecule has 0 spiro atoms. The number of benzene rings is 2. The Morgan fingerprint density at radius 3 is 2.29 bits per heavy atom. The van der Waals surface area contributed by atoms with Gasteiger partial charge in [0.1, 0.15) is 0 Å². The fourth-order valence-electron chi connectivity index (χ4n) is 3.38. The molecule has 2 aromatic carbocycles. The second kappa shape index (κ2) is 7.48. The minimum atomic E-state index is -0.998. The first-order chi connectivity index (χ1) is 13.7. The topological polar surface area (TPSA) is 68.0 Å². The fourth-order valence-corrected chi connectivity index (χ4v) is 3.38. The van der Waals surface area contributed by atoms with Crippen LogP contribution < -0.4 is 0 Å². The maximum Gasteiger partial charge on any atom is 0.328 e. The lowest BCUT2D eigenvalue weighted by molar-refractivity contribution is -0.131. The van der Waals surface area contributed by atoms with Crippen molar-refractivity contribution >= 4 is 23.1 Å². The van der Waals surface area contributed by atoms with Crippen molar-refractivity contribution in [2.75, 3.05) is 0 Å². The summed E-state index contributed by atoms with van der Waals surface area (Å²) < 4.78 is 1.86. The van der Waals surface area contributed by atoms with Gasteiger partial charge in [0.25, 0.3) is 0 Å². The van der Waals surface area contributed by atoms with Gasteiger partial charge >= 0.3 is 5.97 Å². The minimum absolute atomic E-state index is 0.698. The molecule has 5 heteroatoms. The summed E-state index contributed by atoms with van der Waals surface area (Å²) in [6, 6.07) is 19.7. The lowest BCUT2D eigenvalue weighted by Gasteiger charge is -2.14. The monoisotopic (exact) mass is 369 g/mol. The number of aliphatic carboxylic acids is 1. The van der Waals surface area contributed by atoms with E-state index in [0.717, 1.165) is 45.1 Å². The van der Waals surface area contributed by atoms with E-state index in [9.17, 15) is 9.90 Å². The summed E-state index contributed by atoms with van der Waals surface area (Å²) in [4.78, 5) is 16.2. The summed E-state index contributed by atoms with van der Waals surface area (Å²) in [7, 11) is 0. The van der Waals surface area contributed by atoms with Crippen LogP contribution in [-0.2, 0) is 11.3 Å². The van der Waals surface area contributed by atoms with Crippen LogP contribution in [0.3, 0.4) is 0 Å². The highest BCUT2D eigenvalue weighted by Crippen LogP contribution is 2.37. The molecule has 5 nitrogen and oxygen atoms in total. The molecule has 1 N–H and O–H groups in total. The van der Waals surface area contributed by atoms with Gasteiger partial charge in [0.05, 0.1) is 11.9 Å². The second-order valence-electron chi connectivity index (χ2n) is 6.35. The molecule has 28 heavy (non-hydrogen) atoms. The predicted octanol–water partition coefficient (Wildman–Crippen LogP) is 4.88. The summed E-state index contributed by atoms with van der Waals surface area (Å²) >= 11 is 0. The van der Waals surface area contributed by atoms with Gasteiger partial charge in [-0.05, 0) is 18.6 Å². The fraction of sp³-hybridized carbons (Fsp3) is 0.0870. The normalized spacial score (nSPS) is 11.3. The number of fused-ring (bicyclic) bond motifs is 1. The van der Waals surface area contributed by atoms with Crippen LogP contribution in [0.5, 0.6) is 0 Å². The first kappa shape index (κ1) is 17.7. The number of pyridine rings is 1. The van der Waals surface area contributed by atoms with Crippen LogP contribution in [0.1, 0.15) is 12.5 Å². The molecule has 138 valence electrons. The van der Waals surface area contributed by atoms with Crippen LogP contribution in [0.4, 0.5) is 0 Å². The van der Waals surface area contributed by atoms with Crippen molar-refractivity contribution in [3.63, 3.8) is 0 Å². The van der Waals surface area contributed by atoms with E-state index in [2.05, 4.69) is 5.10 Å². The van der Waals surface area contributed by atoms with E-state index in [1.165, 1.54) is 0 Å². The van der Waals surface area contributed by atoms with Crippen molar-refractivity contribution in [1.29, 1.82) is 0 Å². The maximum atomic E-state index is 11.3. The average Bonchev–Trinajstić information content (AvgIpc) is 3.15. The van der Waals surface area contributed by atoms with Crippen molar-refractivity contribution in [1.82, 2.24) is 14.8 Å². The molecule has 0 aliphatic rings. The maximum absolute atomic E-state index is 11.3. The van der Waals surface area contributed by atoms with Gasteiger partial charge in [-0.25, -0.2) is 14.5 Å². The smallest absolute Gasteiger partial charge is 0.328 e. The van der Waals surface area contributed by atoms with Crippen LogP contribution in [0.25, 0.3) is 39.5 Å². The molecule has 0 atom stereocenters. The SMILES string of the molecule is CCn1ncc2c(-c3ccccc3)c(C=CC(=O)O)c(-c3ccccc3)nc21. The molecule has 2 aromatic heterocycles. The van der Waals surface area contributed by atoms with Crippen molar-refractivity contribution in [2.24, 2.45) is 0 Å². The van der Waals surface area contributed by atoms with Gasteiger partial charge in [-0.15, -0.1) is 0 Å². The third-order valence-corrected chi connectivity index (χ3v) is 4.62. The molecule has 0 saturated heterocycles. The molecule has 0 fully saturated rings. The molecular formula is C23H19N3O2. The van der Waals surface area contributed by atoms with Crippen LogP contribution in [0.2, 0.25) is 0 Å². The molecule has 0 unspecified atom stereocenters. The number of carboxylic acid groups (broad SMARTS) is 1. The first-order valence-corrected chi connectivity index (χ1v) is 9.10. The Balaban J connectivity index is 2.14. The average molecular weight is 369 g/mol. The minimum Gasteiger partial charge on any atom is -0.478 e. The highest BCUT2D eigenvalue weighted by atomic mass is 16.4. The van der Waals surface area contributed by atoms with Gasteiger partial charge in [0, 0.05) is 34.7 Å². The summed E-state index contributed by atoms with van der Waals surface area (Å²) in [6.07, 6.45) is 4.59. The number of hydrogen-bond donors (Lipinski definition) is 1. The zero-order valence-corrected chi connectivity index (χ0v) is 15.4. The van der Waals surface area contributed by atoms with Gasteiger partial charge in [0.15, 0.2) is 5.65 Å². The van der Waals surface area contributed by atoms with Crippen LogP contribution >= 0.6 is 0 Å². The number of nitrogens with zero attached hydrogens (tertiary/aromatic N) is 3. The van der Waals surface area contributed by atoms with Gasteiger partial charge < -0.3 is 5.11 Å². The molecule has 0 bridgehead atoms. The number of carbonyl (C=O) groups is 1. The molecule has 4 rings (SSSR count). The third-order valence-electron chi connectivity index (χ3n) is 4.62. The van der Waals surface area contributed by atoms with Gasteiger partial charge in [-0.3, -0.25) is 0 Å². The van der Waals surface area contributed by atoms with Crippen LogP contribution in [0, 0.1) is 0 Å². The van der Waals surface area contributed by atoms with Crippen molar-refractivity contribution < 1.29 is 9.90 Å². The van der Waals surface area contributed by atoms with E-state index in [1.54, 1.807) is 12.3 Å². The Kier molecular flexibility index (Phi) is 4.72. The standard InChI is InChI=1S/C23H19N3O2/c1-2-26-23-19(15-24-26)21(16-9-5-3-6-10-16)18(13-14-20(27)28)22(25-23)17-11-7-4-8-12-17/h3-15H,2H2,1H3,(H,27,28). The lowest BCUT2D eigenvalue weighted by atomic mass is 9.93. The van der Waals surface area contributed by atoms with Crippen molar-refractivity contribution in [3.8, 4) is 22.4 Å². The summed E-state index contributed by atoms with van der Waals surface area (Å²) in [5.41, 5.74) is 5.14. The van der Waals surface area contributed by atoms with Crippen molar-refractivity contribution in [2.45, 2.75) is 13.5 Å². The van der Waals surface area contributed by atoms with E-state index in [0.29, 0.717) is 6.54 Å². The predicted molar refractivity (Wildman–Crippen MR) is 111 cm³/mol. The largest absolute Gasteiger partial charge is 0.478 e. The summed E-state index contributed by atoms with van der Waals surface area (Å²) in [6.45, 7) is 2.72. The van der Waals surface area contributed by atoms with Gasteiger partial charge in [-0.2, -0.15) is 5.10 Å². The highest BCUT2D eigenvalue weighted by molar-refractivity contribution is 6.02. The number of rotatable bonds is 5. The molecule has 0 saturated carbocycles. The van der Waals surface area contributed by atoms with E-state index >= 15 is 0 Å².